The van der Waals surface area contributed by atoms with Gasteiger partial charge in [-0.1, -0.05) is 0 Å². The number of benzene rings is 1. The van der Waals surface area contributed by atoms with Gasteiger partial charge in [-0.15, -0.1) is 0 Å². The number of likely N-dealkylation sites (tertiary alicyclic amines) is 1. The van der Waals surface area contributed by atoms with E-state index in [1.54, 1.807) is 12.0 Å². The molecule has 2 unspecified atom stereocenters. The number of hydrogen-bond acceptors (Lipinski definition) is 6. The van der Waals surface area contributed by atoms with Crippen LogP contribution in [0.5, 0.6) is 11.5 Å². The summed E-state index contributed by atoms with van der Waals surface area (Å²) in [6.45, 7) is 8.25. The summed E-state index contributed by atoms with van der Waals surface area (Å²) >= 11 is 0. The highest BCUT2D eigenvalue weighted by Crippen LogP contribution is 2.29. The molecule has 7 nitrogen and oxygen atoms in total. The Morgan fingerprint density at radius 1 is 1.32 bits per heavy atom. The number of carbonyl (C=O) groups excluding carboxylic acids is 1. The molecule has 1 aliphatic heterocycles. The van der Waals surface area contributed by atoms with Crippen molar-refractivity contribution < 1.29 is 24.5 Å². The largest absolute Gasteiger partial charge is 0.508 e. The van der Waals surface area contributed by atoms with Gasteiger partial charge in [0.2, 0.25) is 0 Å². The summed E-state index contributed by atoms with van der Waals surface area (Å²) in [7, 11) is 1.61. The molecule has 140 valence electrons. The molecule has 0 bridgehead atoms. The van der Waals surface area contributed by atoms with E-state index in [2.05, 4.69) is 5.32 Å². The Bertz CT molecular complexity index is 614. The van der Waals surface area contributed by atoms with E-state index in [4.69, 9.17) is 9.47 Å². The van der Waals surface area contributed by atoms with E-state index in [1.165, 1.54) is 18.2 Å². The molecule has 25 heavy (non-hydrogen) atoms. The van der Waals surface area contributed by atoms with E-state index >= 15 is 0 Å². The minimum absolute atomic E-state index is 0.0894. The van der Waals surface area contributed by atoms with E-state index < -0.39 is 5.60 Å². The summed E-state index contributed by atoms with van der Waals surface area (Å²) in [4.78, 5) is 13.9. The summed E-state index contributed by atoms with van der Waals surface area (Å²) in [5.41, 5.74) is 0.0387. The van der Waals surface area contributed by atoms with Gasteiger partial charge in [-0.05, 0) is 45.9 Å². The van der Waals surface area contributed by atoms with Gasteiger partial charge in [-0.25, -0.2) is 4.79 Å². The van der Waals surface area contributed by atoms with Crippen LogP contribution in [0.4, 0.5) is 4.79 Å². The average molecular weight is 352 g/mol. The summed E-state index contributed by atoms with van der Waals surface area (Å²) in [6.07, 6.45) is -0.555. The Balaban J connectivity index is 2.05. The number of carbonyl (C=O) groups is 1. The standard InChI is InChI=1S/C18H28N2O5/c1-11(13-8-12(21)6-7-15(13)22)19-14-9-20(10-16(14)24-5)17(23)25-18(2,3)4/h6-8,11,14,16,19,21-22H,9-10H2,1-5H3/t11?,14?,16-/m0/s1. The Morgan fingerprint density at radius 2 is 2.00 bits per heavy atom. The van der Waals surface area contributed by atoms with Crippen molar-refractivity contribution in [1.29, 1.82) is 0 Å². The first-order chi connectivity index (χ1) is 11.6. The quantitative estimate of drug-likeness (QED) is 0.721. The molecule has 1 aliphatic rings. The fourth-order valence-electron chi connectivity index (χ4n) is 2.95. The number of amides is 1. The molecule has 1 aromatic rings. The molecule has 1 saturated heterocycles. The Labute approximate surface area is 148 Å². The molecule has 0 aliphatic carbocycles. The smallest absolute Gasteiger partial charge is 0.410 e. The minimum atomic E-state index is -0.550. The molecule has 1 fully saturated rings. The maximum atomic E-state index is 12.3. The maximum Gasteiger partial charge on any atom is 0.410 e. The first kappa shape index (κ1) is 19.3. The zero-order chi connectivity index (χ0) is 18.8. The van der Waals surface area contributed by atoms with Crippen LogP contribution in [0.3, 0.4) is 0 Å². The second-order valence-corrected chi connectivity index (χ2v) is 7.40. The molecule has 1 heterocycles. The molecule has 0 spiro atoms. The number of ether oxygens (including phenoxy) is 2. The number of nitrogens with zero attached hydrogens (tertiary/aromatic N) is 1. The van der Waals surface area contributed by atoms with Gasteiger partial charge in [0.05, 0.1) is 18.7 Å². The third-order valence-electron chi connectivity index (χ3n) is 4.16. The molecule has 2 rings (SSSR count). The predicted molar refractivity (Wildman–Crippen MR) is 93.7 cm³/mol. The Hall–Kier alpha value is -1.99. The Morgan fingerprint density at radius 3 is 2.60 bits per heavy atom. The zero-order valence-corrected chi connectivity index (χ0v) is 15.4. The molecular formula is C18H28N2O5. The van der Waals surface area contributed by atoms with Gasteiger partial charge in [0, 0.05) is 25.3 Å². The zero-order valence-electron chi connectivity index (χ0n) is 15.4. The number of phenolic OH excluding ortho intramolecular Hbond substituents is 2. The van der Waals surface area contributed by atoms with Crippen LogP contribution in [-0.4, -0.2) is 59.2 Å². The SMILES string of the molecule is CO[C@H]1CN(C(=O)OC(C)(C)C)CC1NC(C)c1cc(O)ccc1O. The molecule has 0 radical (unpaired) electrons. The summed E-state index contributed by atoms with van der Waals surface area (Å²) < 4.78 is 10.9. The van der Waals surface area contributed by atoms with Gasteiger partial charge < -0.3 is 29.9 Å². The van der Waals surface area contributed by atoms with E-state index in [1.807, 2.05) is 27.7 Å². The van der Waals surface area contributed by atoms with E-state index in [0.29, 0.717) is 18.7 Å². The predicted octanol–water partition coefficient (Wildman–Crippen LogP) is 2.38. The van der Waals surface area contributed by atoms with Gasteiger partial charge >= 0.3 is 6.09 Å². The van der Waals surface area contributed by atoms with Crippen molar-refractivity contribution in [2.24, 2.45) is 0 Å². The number of nitrogens with one attached hydrogen (secondary N) is 1. The topological polar surface area (TPSA) is 91.3 Å². The normalized spacial score (nSPS) is 22.0. The van der Waals surface area contributed by atoms with Crippen LogP contribution in [0.15, 0.2) is 18.2 Å². The van der Waals surface area contributed by atoms with Crippen LogP contribution in [0.2, 0.25) is 0 Å². The van der Waals surface area contributed by atoms with Gasteiger partial charge in [0.1, 0.15) is 17.1 Å². The maximum absolute atomic E-state index is 12.3. The van der Waals surface area contributed by atoms with Crippen LogP contribution >= 0.6 is 0 Å². The molecule has 0 saturated carbocycles. The third kappa shape index (κ3) is 4.99. The molecule has 1 amide bonds. The van der Waals surface area contributed by atoms with E-state index in [9.17, 15) is 15.0 Å². The molecule has 3 atom stereocenters. The number of methoxy groups -OCH3 is 1. The van der Waals surface area contributed by atoms with E-state index in [0.717, 1.165) is 0 Å². The van der Waals surface area contributed by atoms with Crippen molar-refractivity contribution in [3.05, 3.63) is 23.8 Å². The first-order valence-electron chi connectivity index (χ1n) is 8.39. The summed E-state index contributed by atoms with van der Waals surface area (Å²) in [6, 6.07) is 4.07. The first-order valence-corrected chi connectivity index (χ1v) is 8.39. The second-order valence-electron chi connectivity index (χ2n) is 7.40. The van der Waals surface area contributed by atoms with Crippen LogP contribution in [-0.2, 0) is 9.47 Å². The molecule has 3 N–H and O–H groups in total. The fourth-order valence-corrected chi connectivity index (χ4v) is 2.95. The number of hydrogen-bond donors (Lipinski definition) is 3. The minimum Gasteiger partial charge on any atom is -0.508 e. The highest BCUT2D eigenvalue weighted by atomic mass is 16.6. The van der Waals surface area contributed by atoms with Crippen molar-refractivity contribution in [2.45, 2.75) is 51.5 Å². The molecule has 7 heteroatoms. The number of phenols is 2. The van der Waals surface area contributed by atoms with Crippen molar-refractivity contribution in [2.75, 3.05) is 20.2 Å². The summed E-state index contributed by atoms with van der Waals surface area (Å²) in [5.74, 6) is 0.195. The summed E-state index contributed by atoms with van der Waals surface area (Å²) in [5, 5.41) is 23.0. The highest BCUT2D eigenvalue weighted by Gasteiger charge is 2.38. The van der Waals surface area contributed by atoms with Crippen molar-refractivity contribution in [3.63, 3.8) is 0 Å². The molecule has 0 aromatic heterocycles. The van der Waals surface area contributed by atoms with Crippen LogP contribution in [0.25, 0.3) is 0 Å². The molecule has 1 aromatic carbocycles. The van der Waals surface area contributed by atoms with Crippen molar-refractivity contribution in [3.8, 4) is 11.5 Å². The van der Waals surface area contributed by atoms with Gasteiger partial charge in [-0.2, -0.15) is 0 Å². The van der Waals surface area contributed by atoms with Gasteiger partial charge in [0.15, 0.2) is 0 Å². The van der Waals surface area contributed by atoms with E-state index in [-0.39, 0.29) is 35.8 Å². The lowest BCUT2D eigenvalue weighted by Gasteiger charge is -2.25. The highest BCUT2D eigenvalue weighted by molar-refractivity contribution is 5.68. The van der Waals surface area contributed by atoms with Crippen LogP contribution in [0.1, 0.15) is 39.3 Å². The van der Waals surface area contributed by atoms with Gasteiger partial charge in [0.25, 0.3) is 0 Å². The third-order valence-corrected chi connectivity index (χ3v) is 4.16. The lowest BCUT2D eigenvalue weighted by Crippen LogP contribution is -2.41. The van der Waals surface area contributed by atoms with Gasteiger partial charge in [-0.3, -0.25) is 0 Å². The van der Waals surface area contributed by atoms with Crippen molar-refractivity contribution in [1.82, 2.24) is 10.2 Å². The average Bonchev–Trinajstić information content (AvgIpc) is 2.91. The fraction of sp³-hybridized carbons (Fsp3) is 0.611. The lowest BCUT2D eigenvalue weighted by molar-refractivity contribution is 0.0252. The monoisotopic (exact) mass is 352 g/mol. The lowest BCUT2D eigenvalue weighted by atomic mass is 10.0. The van der Waals surface area contributed by atoms with Crippen LogP contribution < -0.4 is 5.32 Å². The van der Waals surface area contributed by atoms with Crippen LogP contribution in [0, 0.1) is 0 Å². The molecular weight excluding hydrogens is 324 g/mol. The number of aromatic hydroxyl groups is 2. The second kappa shape index (κ2) is 7.49. The Kier molecular flexibility index (Phi) is 5.80. The van der Waals surface area contributed by atoms with Crippen molar-refractivity contribution >= 4 is 6.09 Å². The number of rotatable bonds is 4.